The van der Waals surface area contributed by atoms with E-state index in [0.29, 0.717) is 18.4 Å². The Bertz CT molecular complexity index is 870. The zero-order chi connectivity index (χ0) is 18.1. The van der Waals surface area contributed by atoms with Gasteiger partial charge >= 0.3 is 0 Å². The molecule has 5 heteroatoms. The van der Waals surface area contributed by atoms with Crippen molar-refractivity contribution in [2.75, 3.05) is 18.0 Å². The van der Waals surface area contributed by atoms with Gasteiger partial charge in [-0.05, 0) is 62.9 Å². The molecule has 4 rings (SSSR count). The Labute approximate surface area is 153 Å². The van der Waals surface area contributed by atoms with Crippen LogP contribution in [-0.2, 0) is 0 Å². The number of piperidine rings is 1. The first-order valence-corrected chi connectivity index (χ1v) is 9.23. The number of rotatable bonds is 3. The molecule has 1 unspecified atom stereocenters. The molecule has 2 aliphatic heterocycles. The molecule has 0 radical (unpaired) electrons. The van der Waals surface area contributed by atoms with E-state index in [1.807, 2.05) is 13.1 Å². The lowest BCUT2D eigenvalue weighted by Gasteiger charge is -2.34. The van der Waals surface area contributed by atoms with Crippen molar-refractivity contribution in [3.8, 4) is 0 Å². The highest BCUT2D eigenvalue weighted by Crippen LogP contribution is 2.23. The summed E-state index contributed by atoms with van der Waals surface area (Å²) >= 11 is 0. The van der Waals surface area contributed by atoms with Gasteiger partial charge in [-0.1, -0.05) is 6.07 Å². The molecule has 1 saturated heterocycles. The fraction of sp³-hybridized carbons (Fsp3) is 0.381. The maximum absolute atomic E-state index is 13.6. The normalized spacial score (nSPS) is 20.1. The summed E-state index contributed by atoms with van der Waals surface area (Å²) in [5.41, 5.74) is 3.59. The molecule has 4 nitrogen and oxygen atoms in total. The van der Waals surface area contributed by atoms with Crippen LogP contribution in [0.2, 0.25) is 0 Å². The van der Waals surface area contributed by atoms with Crippen LogP contribution in [0.4, 0.5) is 10.2 Å². The molecule has 0 bridgehead atoms. The number of benzene rings is 1. The van der Waals surface area contributed by atoms with Crippen LogP contribution in [0.3, 0.4) is 0 Å². The number of halogens is 1. The Kier molecular flexibility index (Phi) is 4.53. The average Bonchev–Trinajstić information content (AvgIpc) is 3.14. The maximum Gasteiger partial charge on any atom is 0.155 e. The van der Waals surface area contributed by atoms with Gasteiger partial charge in [-0.3, -0.25) is 4.99 Å². The number of nitrogens with zero attached hydrogens (tertiary/aromatic N) is 4. The van der Waals surface area contributed by atoms with Crippen LogP contribution < -0.4 is 4.90 Å². The van der Waals surface area contributed by atoms with Crippen LogP contribution >= 0.6 is 0 Å². The summed E-state index contributed by atoms with van der Waals surface area (Å²) in [6.45, 7) is 5.78. The zero-order valence-electron chi connectivity index (χ0n) is 15.2. The van der Waals surface area contributed by atoms with Crippen molar-refractivity contribution >= 4 is 17.4 Å². The summed E-state index contributed by atoms with van der Waals surface area (Å²) in [6.07, 6.45) is 5.63. The van der Waals surface area contributed by atoms with Gasteiger partial charge in [-0.2, -0.15) is 0 Å². The molecule has 0 spiro atoms. The second-order valence-electron chi connectivity index (χ2n) is 7.10. The summed E-state index contributed by atoms with van der Waals surface area (Å²) in [6, 6.07) is 9.40. The molecular formula is C21H23FN4. The Morgan fingerprint density at radius 2 is 2.04 bits per heavy atom. The van der Waals surface area contributed by atoms with Crippen molar-refractivity contribution in [3.63, 3.8) is 0 Å². The number of aryl methyl sites for hydroxylation is 1. The molecule has 2 aliphatic rings. The summed E-state index contributed by atoms with van der Waals surface area (Å²) in [4.78, 5) is 16.2. The molecule has 0 amide bonds. The van der Waals surface area contributed by atoms with Gasteiger partial charge in [0.2, 0.25) is 0 Å². The third kappa shape index (κ3) is 3.26. The van der Waals surface area contributed by atoms with Gasteiger partial charge in [-0.25, -0.2) is 14.4 Å². The second-order valence-corrected chi connectivity index (χ2v) is 7.10. The van der Waals surface area contributed by atoms with E-state index in [-0.39, 0.29) is 5.82 Å². The van der Waals surface area contributed by atoms with Crippen molar-refractivity contribution < 1.29 is 4.39 Å². The zero-order valence-corrected chi connectivity index (χ0v) is 15.2. The summed E-state index contributed by atoms with van der Waals surface area (Å²) in [7, 11) is 0. The van der Waals surface area contributed by atoms with E-state index in [9.17, 15) is 4.39 Å². The second kappa shape index (κ2) is 6.98. The average molecular weight is 350 g/mol. The predicted molar refractivity (Wildman–Crippen MR) is 104 cm³/mol. The molecule has 1 aromatic carbocycles. The van der Waals surface area contributed by atoms with E-state index < -0.39 is 0 Å². The highest BCUT2D eigenvalue weighted by atomic mass is 19.1. The van der Waals surface area contributed by atoms with Crippen molar-refractivity contribution in [2.24, 2.45) is 9.98 Å². The number of hydrogen-bond donors (Lipinski definition) is 0. The number of aliphatic imine (C=N–C) groups is 2. The van der Waals surface area contributed by atoms with Crippen molar-refractivity contribution in [1.82, 2.24) is 4.98 Å². The van der Waals surface area contributed by atoms with Gasteiger partial charge in [-0.15, -0.1) is 0 Å². The Morgan fingerprint density at radius 1 is 1.15 bits per heavy atom. The quantitative estimate of drug-likeness (QED) is 0.834. The summed E-state index contributed by atoms with van der Waals surface area (Å²) in [5, 5.41) is 0. The van der Waals surface area contributed by atoms with E-state index in [4.69, 9.17) is 0 Å². The number of amidine groups is 1. The predicted octanol–water partition coefficient (Wildman–Crippen LogP) is 4.16. The fourth-order valence-corrected chi connectivity index (χ4v) is 3.65. The maximum atomic E-state index is 13.6. The molecule has 0 N–H and O–H groups in total. The monoisotopic (exact) mass is 350 g/mol. The molecule has 1 atom stereocenters. The lowest BCUT2D eigenvalue weighted by atomic mass is 10.0. The topological polar surface area (TPSA) is 40.9 Å². The SMILES string of the molecule is Cc1ccc(F)cc1C1=NCC(c2ccc(N3CCCCC3C)nc2)=N1. The van der Waals surface area contributed by atoms with Gasteiger partial charge < -0.3 is 4.90 Å². The van der Waals surface area contributed by atoms with Gasteiger partial charge in [0.25, 0.3) is 0 Å². The standard InChI is InChI=1S/C21H23FN4/c1-14-6-8-17(22)11-18(14)21-24-13-19(25-21)16-7-9-20(23-12-16)26-10-4-3-5-15(26)2/h6-9,11-12,15H,3-5,10,13H2,1-2H3. The third-order valence-electron chi connectivity index (χ3n) is 5.24. The molecule has 3 heterocycles. The van der Waals surface area contributed by atoms with Crippen LogP contribution in [-0.4, -0.2) is 35.7 Å². The van der Waals surface area contributed by atoms with Gasteiger partial charge in [0.1, 0.15) is 11.6 Å². The fourth-order valence-electron chi connectivity index (χ4n) is 3.65. The van der Waals surface area contributed by atoms with Gasteiger partial charge in [0.15, 0.2) is 5.84 Å². The van der Waals surface area contributed by atoms with Gasteiger partial charge in [0.05, 0.1) is 12.3 Å². The third-order valence-corrected chi connectivity index (χ3v) is 5.24. The Morgan fingerprint density at radius 3 is 2.81 bits per heavy atom. The number of pyridine rings is 1. The van der Waals surface area contributed by atoms with Crippen LogP contribution in [0.5, 0.6) is 0 Å². The number of hydrogen-bond acceptors (Lipinski definition) is 4. The number of anilines is 1. The van der Waals surface area contributed by atoms with E-state index in [0.717, 1.165) is 34.8 Å². The molecular weight excluding hydrogens is 327 g/mol. The molecule has 0 saturated carbocycles. The van der Waals surface area contributed by atoms with Crippen LogP contribution in [0.1, 0.15) is 42.9 Å². The minimum atomic E-state index is -0.265. The highest BCUT2D eigenvalue weighted by molar-refractivity contribution is 6.17. The van der Waals surface area contributed by atoms with Crippen molar-refractivity contribution in [3.05, 3.63) is 59.0 Å². The largest absolute Gasteiger partial charge is 0.354 e. The van der Waals surface area contributed by atoms with Gasteiger partial charge in [0, 0.05) is 29.9 Å². The van der Waals surface area contributed by atoms with E-state index in [1.54, 1.807) is 6.07 Å². The first-order chi connectivity index (χ1) is 12.6. The Hall–Kier alpha value is -2.56. The van der Waals surface area contributed by atoms with Crippen LogP contribution in [0, 0.1) is 12.7 Å². The summed E-state index contributed by atoms with van der Waals surface area (Å²) in [5.74, 6) is 1.37. The molecule has 1 fully saturated rings. The number of aromatic nitrogens is 1. The molecule has 134 valence electrons. The molecule has 26 heavy (non-hydrogen) atoms. The molecule has 1 aromatic heterocycles. The first kappa shape index (κ1) is 16.9. The lowest BCUT2D eigenvalue weighted by molar-refractivity contribution is 0.481. The van der Waals surface area contributed by atoms with E-state index in [2.05, 4.69) is 38.9 Å². The summed E-state index contributed by atoms with van der Waals surface area (Å²) < 4.78 is 13.6. The van der Waals surface area contributed by atoms with Crippen LogP contribution in [0.25, 0.3) is 0 Å². The smallest absolute Gasteiger partial charge is 0.155 e. The Balaban J connectivity index is 1.54. The first-order valence-electron chi connectivity index (χ1n) is 9.23. The minimum Gasteiger partial charge on any atom is -0.354 e. The van der Waals surface area contributed by atoms with Crippen molar-refractivity contribution in [2.45, 2.75) is 39.2 Å². The van der Waals surface area contributed by atoms with Crippen LogP contribution in [0.15, 0.2) is 46.5 Å². The highest BCUT2D eigenvalue weighted by Gasteiger charge is 2.20. The molecule has 0 aliphatic carbocycles. The van der Waals surface area contributed by atoms with E-state index in [1.165, 1.54) is 31.4 Å². The molecule has 2 aromatic rings. The minimum absolute atomic E-state index is 0.265. The van der Waals surface area contributed by atoms with Crippen molar-refractivity contribution in [1.29, 1.82) is 0 Å². The lowest BCUT2D eigenvalue weighted by Crippen LogP contribution is -2.37. The van der Waals surface area contributed by atoms with E-state index >= 15 is 0 Å².